The average Bonchev–Trinajstić information content (AvgIpc) is 3.26. The van der Waals surface area contributed by atoms with Gasteiger partial charge in [0.1, 0.15) is 22.9 Å². The number of hydrogen-bond donors (Lipinski definition) is 0. The first-order valence-corrected chi connectivity index (χ1v) is 10.7. The van der Waals surface area contributed by atoms with E-state index >= 15 is 0 Å². The first-order valence-electron chi connectivity index (χ1n) is 10.7. The minimum Gasteiger partial charge on any atom is -0.457 e. The van der Waals surface area contributed by atoms with Crippen LogP contribution in [0.3, 0.4) is 0 Å². The van der Waals surface area contributed by atoms with Gasteiger partial charge in [0.2, 0.25) is 0 Å². The number of amides is 1. The summed E-state index contributed by atoms with van der Waals surface area (Å²) >= 11 is 0. The third-order valence-corrected chi connectivity index (χ3v) is 5.72. The fourth-order valence-electron chi connectivity index (χ4n) is 3.95. The molecule has 3 heterocycles. The Kier molecular flexibility index (Phi) is 5.43. The second-order valence-electron chi connectivity index (χ2n) is 8.06. The number of fused-ring (bicyclic) bond motifs is 1. The number of benzene rings is 2. The van der Waals surface area contributed by atoms with E-state index in [0.717, 1.165) is 17.8 Å². The van der Waals surface area contributed by atoms with Gasteiger partial charge in [-0.2, -0.15) is 13.2 Å². The molecule has 0 aliphatic carbocycles. The van der Waals surface area contributed by atoms with Crippen molar-refractivity contribution in [3.63, 3.8) is 0 Å². The molecule has 2 aromatic carbocycles. The van der Waals surface area contributed by atoms with Crippen LogP contribution < -0.4 is 15.2 Å². The van der Waals surface area contributed by atoms with E-state index in [2.05, 4.69) is 4.98 Å². The molecule has 0 fully saturated rings. The fraction of sp³-hybridized carbons (Fsp3) is 0.160. The van der Waals surface area contributed by atoms with E-state index in [1.807, 2.05) is 6.92 Å². The van der Waals surface area contributed by atoms with Crippen LogP contribution in [-0.2, 0) is 12.7 Å². The molecule has 0 atom stereocenters. The van der Waals surface area contributed by atoms with Crippen LogP contribution in [0.1, 0.15) is 21.7 Å². The molecule has 0 N–H and O–H groups in total. The SMILES string of the molecule is Cc1cn(-c2ccc3n(c2=O)CCN(c2ccc(Oc4ccc(C(F)(F)F)cc4)cc2)C3=O)cn1. The lowest BCUT2D eigenvalue weighted by atomic mass is 10.2. The van der Waals surface area contributed by atoms with Gasteiger partial charge in [-0.15, -0.1) is 0 Å². The van der Waals surface area contributed by atoms with Gasteiger partial charge < -0.3 is 18.8 Å². The summed E-state index contributed by atoms with van der Waals surface area (Å²) in [6, 6.07) is 14.3. The number of hydrogen-bond acceptors (Lipinski definition) is 4. The summed E-state index contributed by atoms with van der Waals surface area (Å²) in [5.74, 6) is 0.366. The summed E-state index contributed by atoms with van der Waals surface area (Å²) in [5.41, 5.74) is 1.07. The smallest absolute Gasteiger partial charge is 0.416 e. The van der Waals surface area contributed by atoms with Crippen molar-refractivity contribution in [1.82, 2.24) is 14.1 Å². The molecule has 5 rings (SSSR count). The number of imidazole rings is 1. The monoisotopic (exact) mass is 480 g/mol. The Bertz CT molecular complexity index is 1460. The van der Waals surface area contributed by atoms with Crippen LogP contribution in [0, 0.1) is 6.92 Å². The van der Waals surface area contributed by atoms with Gasteiger partial charge in [0.05, 0.1) is 17.6 Å². The number of ether oxygens (including phenoxy) is 1. The third-order valence-electron chi connectivity index (χ3n) is 5.72. The van der Waals surface area contributed by atoms with E-state index in [9.17, 15) is 22.8 Å². The molecule has 35 heavy (non-hydrogen) atoms. The Morgan fingerprint density at radius 1 is 0.886 bits per heavy atom. The van der Waals surface area contributed by atoms with Crippen molar-refractivity contribution in [1.29, 1.82) is 0 Å². The number of aromatic nitrogens is 3. The third kappa shape index (κ3) is 4.30. The summed E-state index contributed by atoms with van der Waals surface area (Å²) in [5, 5.41) is 0. The molecule has 0 saturated heterocycles. The molecule has 0 spiro atoms. The zero-order valence-corrected chi connectivity index (χ0v) is 18.5. The number of carbonyl (C=O) groups excluding carboxylic acids is 1. The first-order chi connectivity index (χ1) is 16.7. The number of anilines is 1. The number of halogens is 3. The van der Waals surface area contributed by atoms with Gasteiger partial charge in [-0.25, -0.2) is 4.98 Å². The molecule has 1 aliphatic heterocycles. The molecule has 7 nitrogen and oxygen atoms in total. The topological polar surface area (TPSA) is 69.4 Å². The van der Waals surface area contributed by atoms with E-state index in [-0.39, 0.29) is 22.9 Å². The highest BCUT2D eigenvalue weighted by Crippen LogP contribution is 2.32. The molecule has 0 radical (unpaired) electrons. The molecular weight excluding hydrogens is 461 g/mol. The minimum absolute atomic E-state index is 0.261. The molecule has 178 valence electrons. The van der Waals surface area contributed by atoms with Crippen LogP contribution in [-0.4, -0.2) is 26.6 Å². The van der Waals surface area contributed by atoms with Crippen molar-refractivity contribution in [3.05, 3.63) is 100 Å². The molecule has 1 amide bonds. The Morgan fingerprint density at radius 3 is 2.14 bits per heavy atom. The maximum atomic E-state index is 13.1. The van der Waals surface area contributed by atoms with Gasteiger partial charge >= 0.3 is 6.18 Å². The van der Waals surface area contributed by atoms with Gasteiger partial charge in [0, 0.05) is 25.0 Å². The Hall–Kier alpha value is -4.34. The molecule has 1 aliphatic rings. The van der Waals surface area contributed by atoms with Crippen molar-refractivity contribution >= 4 is 11.6 Å². The summed E-state index contributed by atoms with van der Waals surface area (Å²) in [6.07, 6.45) is -1.11. The predicted octanol–water partition coefficient (Wildman–Crippen LogP) is 4.81. The van der Waals surface area contributed by atoms with Gasteiger partial charge in [0.15, 0.2) is 0 Å². The van der Waals surface area contributed by atoms with Gasteiger partial charge in [-0.1, -0.05) is 0 Å². The molecule has 0 saturated carbocycles. The molecule has 0 unspecified atom stereocenters. The maximum absolute atomic E-state index is 13.1. The van der Waals surface area contributed by atoms with Crippen molar-refractivity contribution in [2.75, 3.05) is 11.4 Å². The van der Waals surface area contributed by atoms with Crippen LogP contribution >= 0.6 is 0 Å². The molecular formula is C25H19F3N4O3. The lowest BCUT2D eigenvalue weighted by Gasteiger charge is -2.30. The predicted molar refractivity (Wildman–Crippen MR) is 122 cm³/mol. The van der Waals surface area contributed by atoms with Crippen molar-refractivity contribution in [3.8, 4) is 17.2 Å². The van der Waals surface area contributed by atoms with E-state index < -0.39 is 11.7 Å². The Labute approximate surface area is 197 Å². The lowest BCUT2D eigenvalue weighted by Crippen LogP contribution is -2.45. The summed E-state index contributed by atoms with van der Waals surface area (Å²) < 4.78 is 46.9. The second-order valence-corrected chi connectivity index (χ2v) is 8.06. The number of nitrogens with zero attached hydrogens (tertiary/aromatic N) is 4. The molecule has 10 heteroatoms. The van der Waals surface area contributed by atoms with E-state index in [1.165, 1.54) is 16.7 Å². The number of alkyl halides is 3. The summed E-state index contributed by atoms with van der Waals surface area (Å²) in [4.78, 5) is 31.8. The van der Waals surface area contributed by atoms with Crippen molar-refractivity contribution in [2.24, 2.45) is 0 Å². The highest BCUT2D eigenvalue weighted by Gasteiger charge is 2.30. The number of carbonyl (C=O) groups is 1. The zero-order chi connectivity index (χ0) is 24.7. The quantitative estimate of drug-likeness (QED) is 0.420. The van der Waals surface area contributed by atoms with E-state index in [0.29, 0.717) is 30.2 Å². The Morgan fingerprint density at radius 2 is 1.54 bits per heavy atom. The number of rotatable bonds is 4. The normalized spacial score (nSPS) is 13.6. The molecule has 4 aromatic rings. The molecule has 2 aromatic heterocycles. The van der Waals surface area contributed by atoms with Crippen LogP contribution in [0.5, 0.6) is 11.5 Å². The highest BCUT2D eigenvalue weighted by atomic mass is 19.4. The van der Waals surface area contributed by atoms with Crippen molar-refractivity contribution < 1.29 is 22.7 Å². The average molecular weight is 480 g/mol. The lowest BCUT2D eigenvalue weighted by molar-refractivity contribution is -0.137. The zero-order valence-electron chi connectivity index (χ0n) is 18.5. The van der Waals surface area contributed by atoms with Crippen LogP contribution in [0.15, 0.2) is 78.0 Å². The minimum atomic E-state index is -4.41. The van der Waals surface area contributed by atoms with E-state index in [1.54, 1.807) is 58.4 Å². The summed E-state index contributed by atoms with van der Waals surface area (Å²) in [7, 11) is 0. The molecule has 0 bridgehead atoms. The Balaban J connectivity index is 1.33. The van der Waals surface area contributed by atoms with Gasteiger partial charge in [-0.05, 0) is 67.6 Å². The number of aryl methyl sites for hydroxylation is 1. The van der Waals surface area contributed by atoms with Crippen LogP contribution in [0.4, 0.5) is 18.9 Å². The maximum Gasteiger partial charge on any atom is 0.416 e. The van der Waals surface area contributed by atoms with Crippen LogP contribution in [0.25, 0.3) is 5.69 Å². The van der Waals surface area contributed by atoms with Crippen molar-refractivity contribution in [2.45, 2.75) is 19.6 Å². The first kappa shape index (κ1) is 22.5. The highest BCUT2D eigenvalue weighted by molar-refractivity contribution is 6.05. The van der Waals surface area contributed by atoms with E-state index in [4.69, 9.17) is 4.74 Å². The van der Waals surface area contributed by atoms with Crippen LogP contribution in [0.2, 0.25) is 0 Å². The number of pyridine rings is 1. The fourth-order valence-corrected chi connectivity index (χ4v) is 3.95. The second kappa shape index (κ2) is 8.46. The standard InChI is InChI=1S/C25H19F3N4O3/c1-16-14-30(15-29-16)21-10-11-22-24(34)31(12-13-32(22)23(21)33)18-4-8-20(9-5-18)35-19-6-2-17(3-7-19)25(26,27)28/h2-11,14-15H,12-13H2,1H3. The van der Waals surface area contributed by atoms with Gasteiger partial charge in [-0.3, -0.25) is 9.59 Å². The summed E-state index contributed by atoms with van der Waals surface area (Å²) in [6.45, 7) is 2.45. The van der Waals surface area contributed by atoms with Gasteiger partial charge in [0.25, 0.3) is 11.5 Å². The largest absolute Gasteiger partial charge is 0.457 e.